The summed E-state index contributed by atoms with van der Waals surface area (Å²) in [5, 5.41) is 12.7. The molecule has 1 rings (SSSR count). The Labute approximate surface area is 159 Å². The molecule has 3 N–H and O–H groups in total. The van der Waals surface area contributed by atoms with Crippen LogP contribution >= 0.6 is 0 Å². The fraction of sp³-hybridized carbons (Fsp3) is 0.368. The first-order chi connectivity index (χ1) is 12.7. The minimum Gasteiger partial charge on any atom is -0.508 e. The van der Waals surface area contributed by atoms with E-state index in [-0.39, 0.29) is 22.8 Å². The largest absolute Gasteiger partial charge is 0.508 e. The number of halogens is 2. The number of nitrogens with one attached hydrogen (secondary N) is 2. The maximum atomic E-state index is 12.5. The lowest BCUT2D eigenvalue weighted by molar-refractivity contribution is 0.151. The zero-order valence-electron chi connectivity index (χ0n) is 15.5. The summed E-state index contributed by atoms with van der Waals surface area (Å²) >= 11 is 0. The van der Waals surface area contributed by atoms with Gasteiger partial charge < -0.3 is 10.4 Å². The van der Waals surface area contributed by atoms with Crippen molar-refractivity contribution in [2.75, 3.05) is 13.1 Å². The molecule has 1 aromatic rings. The zero-order valence-corrected chi connectivity index (χ0v) is 16.3. The Morgan fingerprint density at radius 3 is 2.41 bits per heavy atom. The molecule has 0 saturated carbocycles. The molecule has 1 aromatic carbocycles. The molecular formula is C19H26F2N2O3S. The first kappa shape index (κ1) is 22.9. The van der Waals surface area contributed by atoms with Crippen LogP contribution in [0.25, 0.3) is 0 Å². The van der Waals surface area contributed by atoms with Gasteiger partial charge in [-0.1, -0.05) is 24.8 Å². The van der Waals surface area contributed by atoms with E-state index in [2.05, 4.69) is 16.6 Å². The summed E-state index contributed by atoms with van der Waals surface area (Å²) in [4.78, 5) is -0.0415. The molecule has 0 aliphatic carbocycles. The summed E-state index contributed by atoms with van der Waals surface area (Å²) in [6.45, 7) is 7.97. The lowest BCUT2D eigenvalue weighted by atomic mass is 10.1. The van der Waals surface area contributed by atoms with Gasteiger partial charge in [0.1, 0.15) is 5.76 Å². The molecular weight excluding hydrogens is 374 g/mol. The van der Waals surface area contributed by atoms with Crippen molar-refractivity contribution in [3.8, 4) is 0 Å². The van der Waals surface area contributed by atoms with Crippen molar-refractivity contribution in [2.45, 2.75) is 38.0 Å². The number of alkyl halides is 2. The highest BCUT2D eigenvalue weighted by Crippen LogP contribution is 2.20. The van der Waals surface area contributed by atoms with Gasteiger partial charge in [0.05, 0.1) is 4.90 Å². The topological polar surface area (TPSA) is 78.4 Å². The maximum absolute atomic E-state index is 12.5. The lowest BCUT2D eigenvalue weighted by Gasteiger charge is -2.09. The SMILES string of the molecule is C=C/C(O)=C(\C)C/C=C(\C)NCCCNS(=O)(=O)c1ccc(C(F)F)cc1. The van der Waals surface area contributed by atoms with E-state index >= 15 is 0 Å². The van der Waals surface area contributed by atoms with E-state index in [0.717, 1.165) is 23.4 Å². The third-order valence-corrected chi connectivity index (χ3v) is 5.31. The number of allylic oxidation sites excluding steroid dienone is 4. The standard InChI is InChI=1S/C19H26F2N2O3S/c1-4-18(24)14(2)6-7-15(3)22-12-5-13-23-27(25,26)17-10-8-16(9-11-17)19(20)21/h4,7-11,19,22-24H,1,5-6,12-13H2,2-3H3/b15-7+,18-14-. The number of rotatable bonds is 11. The molecule has 0 heterocycles. The van der Waals surface area contributed by atoms with Gasteiger partial charge in [0.25, 0.3) is 6.43 Å². The summed E-state index contributed by atoms with van der Waals surface area (Å²) in [5.41, 5.74) is 1.50. The summed E-state index contributed by atoms with van der Waals surface area (Å²) in [7, 11) is -3.72. The van der Waals surface area contributed by atoms with Crippen LogP contribution in [0.1, 0.15) is 38.7 Å². The van der Waals surface area contributed by atoms with Crippen LogP contribution in [-0.2, 0) is 10.0 Å². The molecule has 0 radical (unpaired) electrons. The molecule has 0 fully saturated rings. The fourth-order valence-corrected chi connectivity index (χ4v) is 3.19. The fourth-order valence-electron chi connectivity index (χ4n) is 2.11. The van der Waals surface area contributed by atoms with E-state index in [0.29, 0.717) is 19.4 Å². The number of hydrogen-bond acceptors (Lipinski definition) is 4. The number of sulfonamides is 1. The van der Waals surface area contributed by atoms with Gasteiger partial charge in [0.15, 0.2) is 0 Å². The Hall–Kier alpha value is -2.19. The van der Waals surface area contributed by atoms with Gasteiger partial charge in [-0.05, 0) is 50.5 Å². The summed E-state index contributed by atoms with van der Waals surface area (Å²) < 4.78 is 51.7. The molecule has 5 nitrogen and oxygen atoms in total. The van der Waals surface area contributed by atoms with Crippen molar-refractivity contribution in [2.24, 2.45) is 0 Å². The molecule has 0 amide bonds. The third-order valence-electron chi connectivity index (χ3n) is 3.84. The maximum Gasteiger partial charge on any atom is 0.263 e. The predicted octanol–water partition coefficient (Wildman–Crippen LogP) is 4.19. The van der Waals surface area contributed by atoms with E-state index in [1.54, 1.807) is 0 Å². The van der Waals surface area contributed by atoms with Gasteiger partial charge in [-0.2, -0.15) is 0 Å². The van der Waals surface area contributed by atoms with E-state index in [1.807, 2.05) is 19.9 Å². The Balaban J connectivity index is 2.41. The number of aliphatic hydroxyl groups excluding tert-OH is 1. The summed E-state index contributed by atoms with van der Waals surface area (Å²) in [6.07, 6.45) is 1.81. The van der Waals surface area contributed by atoms with Crippen molar-refractivity contribution in [1.82, 2.24) is 10.0 Å². The molecule has 0 aromatic heterocycles. The molecule has 27 heavy (non-hydrogen) atoms. The zero-order chi connectivity index (χ0) is 20.4. The van der Waals surface area contributed by atoms with Gasteiger partial charge in [-0.3, -0.25) is 0 Å². The second-order valence-electron chi connectivity index (χ2n) is 6.01. The van der Waals surface area contributed by atoms with Crippen LogP contribution in [0.3, 0.4) is 0 Å². The van der Waals surface area contributed by atoms with E-state index in [1.165, 1.54) is 18.2 Å². The minimum atomic E-state index is -3.72. The van der Waals surface area contributed by atoms with Crippen molar-refractivity contribution >= 4 is 10.0 Å². The average molecular weight is 400 g/mol. The summed E-state index contributed by atoms with van der Waals surface area (Å²) in [5.74, 6) is 0.162. The highest BCUT2D eigenvalue weighted by molar-refractivity contribution is 7.89. The Bertz CT molecular complexity index is 786. The normalized spacial score (nSPS) is 13.4. The van der Waals surface area contributed by atoms with E-state index < -0.39 is 16.4 Å². The number of hydrogen-bond donors (Lipinski definition) is 3. The van der Waals surface area contributed by atoms with Crippen LogP contribution in [0.2, 0.25) is 0 Å². The highest BCUT2D eigenvalue weighted by Gasteiger charge is 2.14. The second-order valence-corrected chi connectivity index (χ2v) is 7.78. The molecule has 0 bridgehead atoms. The van der Waals surface area contributed by atoms with E-state index in [9.17, 15) is 22.3 Å². The van der Waals surface area contributed by atoms with Crippen LogP contribution in [0.4, 0.5) is 8.78 Å². The molecule has 0 atom stereocenters. The highest BCUT2D eigenvalue weighted by atomic mass is 32.2. The number of benzene rings is 1. The van der Waals surface area contributed by atoms with Gasteiger partial charge in [-0.15, -0.1) is 0 Å². The average Bonchev–Trinajstić information content (AvgIpc) is 2.65. The molecule has 0 spiro atoms. The van der Waals surface area contributed by atoms with Gasteiger partial charge in [0, 0.05) is 24.4 Å². The van der Waals surface area contributed by atoms with Crippen molar-refractivity contribution in [1.29, 1.82) is 0 Å². The first-order valence-electron chi connectivity index (χ1n) is 8.47. The quantitative estimate of drug-likeness (QED) is 0.296. The molecule has 0 aliphatic heterocycles. The van der Waals surface area contributed by atoms with Crippen molar-refractivity contribution in [3.63, 3.8) is 0 Å². The van der Waals surface area contributed by atoms with Crippen LogP contribution in [0.5, 0.6) is 0 Å². The Morgan fingerprint density at radius 2 is 1.85 bits per heavy atom. The van der Waals surface area contributed by atoms with Crippen LogP contribution in [-0.4, -0.2) is 26.6 Å². The summed E-state index contributed by atoms with van der Waals surface area (Å²) in [6, 6.07) is 4.55. The second kappa shape index (κ2) is 10.8. The Morgan fingerprint density at radius 1 is 1.22 bits per heavy atom. The van der Waals surface area contributed by atoms with Crippen LogP contribution in [0, 0.1) is 0 Å². The molecule has 0 unspecified atom stereocenters. The van der Waals surface area contributed by atoms with Crippen LogP contribution < -0.4 is 10.0 Å². The molecule has 150 valence electrons. The number of aliphatic hydroxyl groups is 1. The third kappa shape index (κ3) is 7.92. The molecule has 0 aliphatic rings. The Kier molecular flexibility index (Phi) is 9.17. The van der Waals surface area contributed by atoms with Gasteiger partial charge in [-0.25, -0.2) is 21.9 Å². The smallest absolute Gasteiger partial charge is 0.263 e. The van der Waals surface area contributed by atoms with Crippen LogP contribution in [0.15, 0.2) is 64.9 Å². The lowest BCUT2D eigenvalue weighted by Crippen LogP contribution is -2.27. The van der Waals surface area contributed by atoms with Crippen molar-refractivity contribution in [3.05, 3.63) is 65.6 Å². The minimum absolute atomic E-state index is 0.0415. The van der Waals surface area contributed by atoms with Gasteiger partial charge >= 0.3 is 0 Å². The molecule has 8 heteroatoms. The monoisotopic (exact) mass is 400 g/mol. The van der Waals surface area contributed by atoms with E-state index in [4.69, 9.17) is 0 Å². The molecule has 0 saturated heterocycles. The predicted molar refractivity (Wildman–Crippen MR) is 103 cm³/mol. The van der Waals surface area contributed by atoms with Gasteiger partial charge in [0.2, 0.25) is 10.0 Å². The van der Waals surface area contributed by atoms with Crippen molar-refractivity contribution < 1.29 is 22.3 Å². The first-order valence-corrected chi connectivity index (χ1v) is 9.95.